The van der Waals surface area contributed by atoms with E-state index < -0.39 is 18.0 Å². The van der Waals surface area contributed by atoms with Crippen LogP contribution in [0.15, 0.2) is 24.3 Å². The third kappa shape index (κ3) is 6.58. The molecular weight excluding hydrogens is 348 g/mol. The molecule has 2 rings (SSSR count). The molecule has 2 amide bonds. The summed E-state index contributed by atoms with van der Waals surface area (Å²) >= 11 is 0. The molecule has 148 valence electrons. The van der Waals surface area contributed by atoms with Crippen molar-refractivity contribution in [2.75, 3.05) is 18.5 Å². The van der Waals surface area contributed by atoms with Crippen LogP contribution in [-0.2, 0) is 19.1 Å². The zero-order valence-electron chi connectivity index (χ0n) is 16.0. The van der Waals surface area contributed by atoms with Gasteiger partial charge in [-0.05, 0) is 24.5 Å². The minimum Gasteiger partial charge on any atom is -0.478 e. The van der Waals surface area contributed by atoms with E-state index in [2.05, 4.69) is 24.5 Å². The summed E-state index contributed by atoms with van der Waals surface area (Å²) in [6.07, 6.45) is 3.12. The highest BCUT2D eigenvalue weighted by Crippen LogP contribution is 2.29. The van der Waals surface area contributed by atoms with Crippen LogP contribution in [0.25, 0.3) is 0 Å². The van der Waals surface area contributed by atoms with Crippen molar-refractivity contribution >= 4 is 23.5 Å². The van der Waals surface area contributed by atoms with Gasteiger partial charge >= 0.3 is 5.97 Å². The lowest BCUT2D eigenvalue weighted by Gasteiger charge is -2.25. The Bertz CT molecular complexity index is 662. The highest BCUT2D eigenvalue weighted by atomic mass is 16.5. The fourth-order valence-corrected chi connectivity index (χ4v) is 2.84. The molecule has 0 aromatic heterocycles. The average molecular weight is 376 g/mol. The van der Waals surface area contributed by atoms with Gasteiger partial charge in [-0.25, -0.2) is 0 Å². The van der Waals surface area contributed by atoms with E-state index in [0.29, 0.717) is 23.9 Å². The summed E-state index contributed by atoms with van der Waals surface area (Å²) in [5, 5.41) is 5.48. The molecule has 27 heavy (non-hydrogen) atoms. The quantitative estimate of drug-likeness (QED) is 0.612. The fraction of sp³-hybridized carbons (Fsp3) is 0.550. The fourth-order valence-electron chi connectivity index (χ4n) is 2.84. The molecule has 0 bridgehead atoms. The Labute approximate surface area is 159 Å². The first-order chi connectivity index (χ1) is 13.0. The van der Waals surface area contributed by atoms with Gasteiger partial charge in [-0.1, -0.05) is 45.2 Å². The van der Waals surface area contributed by atoms with Crippen molar-refractivity contribution in [1.82, 2.24) is 5.32 Å². The summed E-state index contributed by atoms with van der Waals surface area (Å²) in [6, 6.07) is 6.99. The van der Waals surface area contributed by atoms with Crippen molar-refractivity contribution in [3.8, 4) is 5.75 Å². The number of carbonyl (C=O) groups is 3. The Morgan fingerprint density at radius 3 is 2.81 bits per heavy atom. The lowest BCUT2D eigenvalue weighted by atomic mass is 9.99. The van der Waals surface area contributed by atoms with E-state index in [1.54, 1.807) is 24.3 Å². The number of esters is 1. The van der Waals surface area contributed by atoms with E-state index >= 15 is 0 Å². The van der Waals surface area contributed by atoms with Crippen LogP contribution >= 0.6 is 0 Å². The summed E-state index contributed by atoms with van der Waals surface area (Å²) in [5.74, 6) is -0.452. The number of amides is 2. The van der Waals surface area contributed by atoms with E-state index in [0.717, 1.165) is 25.7 Å². The first-order valence-electron chi connectivity index (χ1n) is 9.52. The van der Waals surface area contributed by atoms with Crippen molar-refractivity contribution in [2.45, 2.75) is 52.1 Å². The first-order valence-corrected chi connectivity index (χ1v) is 9.52. The number of fused-ring (bicyclic) bond motifs is 1. The van der Waals surface area contributed by atoms with Gasteiger partial charge in [0.15, 0.2) is 12.7 Å². The van der Waals surface area contributed by atoms with Crippen LogP contribution < -0.4 is 15.4 Å². The molecule has 1 aromatic rings. The standard InChI is InChI=1S/C20H28N2O5/c1-3-5-8-14(4-2)12-21-18(23)13-26-19(24)11-17-20(25)22-15-9-6-7-10-16(15)27-17/h6-7,9-10,14,17H,3-5,8,11-13H2,1-2H3,(H,21,23)(H,22,25)/t14-,17-/m0/s1. The molecule has 1 aliphatic rings. The third-order valence-corrected chi connectivity index (χ3v) is 4.55. The van der Waals surface area contributed by atoms with Crippen LogP contribution in [0.3, 0.4) is 0 Å². The van der Waals surface area contributed by atoms with Crippen LogP contribution in [0.2, 0.25) is 0 Å². The number of hydrogen-bond acceptors (Lipinski definition) is 5. The molecule has 7 heteroatoms. The summed E-state index contributed by atoms with van der Waals surface area (Å²) in [6.45, 7) is 4.46. The first kappa shape index (κ1) is 20.7. The van der Waals surface area contributed by atoms with E-state index in [4.69, 9.17) is 9.47 Å². The maximum absolute atomic E-state index is 12.0. The van der Waals surface area contributed by atoms with E-state index in [1.807, 2.05) is 0 Å². The normalized spacial score (nSPS) is 16.5. The van der Waals surface area contributed by atoms with Crippen molar-refractivity contribution in [2.24, 2.45) is 5.92 Å². The Balaban J connectivity index is 1.71. The number of benzene rings is 1. The Morgan fingerprint density at radius 1 is 1.30 bits per heavy atom. The number of rotatable bonds is 10. The van der Waals surface area contributed by atoms with Gasteiger partial charge in [-0.3, -0.25) is 14.4 Å². The minimum absolute atomic E-state index is 0.248. The number of anilines is 1. The number of unbranched alkanes of at least 4 members (excludes halogenated alkanes) is 1. The molecule has 0 aliphatic carbocycles. The molecule has 7 nitrogen and oxygen atoms in total. The summed E-state index contributed by atoms with van der Waals surface area (Å²) < 4.78 is 10.5. The van der Waals surface area contributed by atoms with E-state index in [-0.39, 0.29) is 18.9 Å². The molecule has 0 saturated heterocycles. The van der Waals surface area contributed by atoms with Gasteiger partial charge in [0.25, 0.3) is 11.8 Å². The predicted molar refractivity (Wildman–Crippen MR) is 101 cm³/mol. The maximum Gasteiger partial charge on any atom is 0.310 e. The second-order valence-corrected chi connectivity index (χ2v) is 6.68. The third-order valence-electron chi connectivity index (χ3n) is 4.55. The van der Waals surface area contributed by atoms with Crippen LogP contribution in [0.5, 0.6) is 5.75 Å². The number of carbonyl (C=O) groups excluding carboxylic acids is 3. The zero-order valence-corrected chi connectivity index (χ0v) is 16.0. The Hall–Kier alpha value is -2.57. The van der Waals surface area contributed by atoms with Gasteiger partial charge in [0.1, 0.15) is 5.75 Å². The Morgan fingerprint density at radius 2 is 2.07 bits per heavy atom. The molecule has 1 aromatic carbocycles. The van der Waals surface area contributed by atoms with Crippen molar-refractivity contribution < 1.29 is 23.9 Å². The second kappa shape index (κ2) is 10.5. The molecule has 0 unspecified atom stereocenters. The predicted octanol–water partition coefficient (Wildman–Crippen LogP) is 2.65. The zero-order chi connectivity index (χ0) is 19.6. The molecule has 0 spiro atoms. The van der Waals surface area contributed by atoms with Gasteiger partial charge < -0.3 is 20.1 Å². The minimum atomic E-state index is -0.964. The van der Waals surface area contributed by atoms with Crippen LogP contribution in [0.4, 0.5) is 5.69 Å². The average Bonchev–Trinajstić information content (AvgIpc) is 2.67. The monoisotopic (exact) mass is 376 g/mol. The summed E-state index contributed by atoms with van der Waals surface area (Å²) in [4.78, 5) is 35.8. The highest BCUT2D eigenvalue weighted by molar-refractivity contribution is 5.99. The summed E-state index contributed by atoms with van der Waals surface area (Å²) in [5.41, 5.74) is 0.569. The lowest BCUT2D eigenvalue weighted by Crippen LogP contribution is -2.39. The molecular formula is C20H28N2O5. The SMILES string of the molecule is CCCC[C@H](CC)CNC(=O)COC(=O)C[C@@H]1Oc2ccccc2NC1=O. The van der Waals surface area contributed by atoms with Gasteiger partial charge in [0, 0.05) is 6.54 Å². The molecule has 0 saturated carbocycles. The van der Waals surface area contributed by atoms with Crippen molar-refractivity contribution in [3.63, 3.8) is 0 Å². The molecule has 1 heterocycles. The second-order valence-electron chi connectivity index (χ2n) is 6.68. The smallest absolute Gasteiger partial charge is 0.310 e. The topological polar surface area (TPSA) is 93.7 Å². The molecule has 2 atom stereocenters. The number of nitrogens with one attached hydrogen (secondary N) is 2. The molecule has 2 N–H and O–H groups in total. The van der Waals surface area contributed by atoms with Crippen LogP contribution in [0, 0.1) is 5.92 Å². The van der Waals surface area contributed by atoms with Gasteiger partial charge in [-0.15, -0.1) is 0 Å². The number of para-hydroxylation sites is 2. The van der Waals surface area contributed by atoms with Gasteiger partial charge in [0.05, 0.1) is 12.1 Å². The lowest BCUT2D eigenvalue weighted by molar-refractivity contribution is -0.151. The highest BCUT2D eigenvalue weighted by Gasteiger charge is 2.30. The van der Waals surface area contributed by atoms with Gasteiger partial charge in [0.2, 0.25) is 0 Å². The van der Waals surface area contributed by atoms with Crippen molar-refractivity contribution in [1.29, 1.82) is 0 Å². The number of hydrogen-bond donors (Lipinski definition) is 2. The Kier molecular flexibility index (Phi) is 8.10. The largest absolute Gasteiger partial charge is 0.478 e. The maximum atomic E-state index is 12.0. The van der Waals surface area contributed by atoms with E-state index in [9.17, 15) is 14.4 Å². The van der Waals surface area contributed by atoms with Crippen LogP contribution in [0.1, 0.15) is 46.0 Å². The number of ether oxygens (including phenoxy) is 2. The molecule has 1 aliphatic heterocycles. The summed E-state index contributed by atoms with van der Waals surface area (Å²) in [7, 11) is 0. The molecule has 0 fully saturated rings. The molecule has 0 radical (unpaired) electrons. The van der Waals surface area contributed by atoms with Crippen LogP contribution in [-0.4, -0.2) is 37.0 Å². The van der Waals surface area contributed by atoms with E-state index in [1.165, 1.54) is 0 Å². The van der Waals surface area contributed by atoms with Crippen molar-refractivity contribution in [3.05, 3.63) is 24.3 Å². The van der Waals surface area contributed by atoms with Gasteiger partial charge in [-0.2, -0.15) is 0 Å².